The molecule has 3 rings (SSSR count). The molecule has 2 N–H and O–H groups in total. The van der Waals surface area contributed by atoms with Crippen molar-refractivity contribution in [2.45, 2.75) is 64.9 Å². The second-order valence-corrected chi connectivity index (χ2v) is 6.95. The number of piperidine rings is 1. The van der Waals surface area contributed by atoms with Crippen LogP contribution < -0.4 is 15.2 Å². The summed E-state index contributed by atoms with van der Waals surface area (Å²) < 4.78 is 187. The third-order valence-corrected chi connectivity index (χ3v) is 4.30. The van der Waals surface area contributed by atoms with Gasteiger partial charge in [0, 0.05) is 53.2 Å². The lowest BCUT2D eigenvalue weighted by Crippen LogP contribution is -2.51. The zero-order valence-electron chi connectivity index (χ0n) is 37.0. The number of rotatable bonds is 7. The maximum atomic E-state index is 13.8. The van der Waals surface area contributed by atoms with Crippen LogP contribution in [0.1, 0.15) is 84.9 Å². The predicted molar refractivity (Wildman–Crippen MR) is 118 cm³/mol. The van der Waals surface area contributed by atoms with Crippen LogP contribution in [0.4, 0.5) is 0 Å². The first-order chi connectivity index (χ1) is 22.0. The molecule has 0 saturated carbocycles. The highest BCUT2D eigenvalue weighted by Gasteiger charge is 2.41. The van der Waals surface area contributed by atoms with Gasteiger partial charge in [-0.3, -0.25) is 9.69 Å². The lowest BCUT2D eigenvalue weighted by Gasteiger charge is -2.47. The normalized spacial score (nSPS) is 48.5. The van der Waals surface area contributed by atoms with Crippen LogP contribution in [0.5, 0.6) is 11.5 Å². The van der Waals surface area contributed by atoms with Gasteiger partial charge in [0.2, 0.25) is 0 Å². The fraction of sp³-hybridized carbons (Fsp3) is 0.708. The molecule has 4 atom stereocenters. The van der Waals surface area contributed by atoms with Gasteiger partial charge < -0.3 is 19.9 Å². The summed E-state index contributed by atoms with van der Waals surface area (Å²) in [6.45, 7) is -12.9. The predicted octanol–water partition coefficient (Wildman–Crippen LogP) is 3.56. The first-order valence-corrected chi connectivity index (χ1v) is 9.08. The molecule has 1 saturated heterocycles. The second-order valence-electron chi connectivity index (χ2n) is 6.95. The Labute approximate surface area is 209 Å². The van der Waals surface area contributed by atoms with E-state index in [2.05, 4.69) is 0 Å². The fourth-order valence-corrected chi connectivity index (χ4v) is 2.90. The van der Waals surface area contributed by atoms with Crippen LogP contribution in [-0.2, 0) is 15.9 Å². The van der Waals surface area contributed by atoms with Gasteiger partial charge in [-0.15, -0.1) is 0 Å². The Morgan fingerprint density at radius 2 is 2.10 bits per heavy atom. The first-order valence-electron chi connectivity index (χ1n) is 19.1. The molecular formula is C24H38N2O4. The van der Waals surface area contributed by atoms with E-state index in [0.29, 0.717) is 0 Å². The standard InChI is InChI=1S/C24H38N2O4/c1-14(2)9-17-13-26-8-7-16-10-21(28-5)22(29-6)11-18(16)19(26)12-20(17)30-24(27)23(25)15(3)4/h10-11,14-15,17,19-20,23H,7-9,12-13,25H2,1-6H3/t17?,19?,20?,23-/m0/s1/i3D3,4D3,7D2,8D2,10D,11D,12D2,13D2,15D,17D,20D,23D. The minimum atomic E-state index is -4.22. The number of hydrogen-bond donors (Lipinski definition) is 1. The summed E-state index contributed by atoms with van der Waals surface area (Å²) in [7, 11) is 2.01. The Morgan fingerprint density at radius 3 is 2.73 bits per heavy atom. The van der Waals surface area contributed by atoms with Crippen molar-refractivity contribution in [1.29, 1.82) is 0 Å². The highest BCUT2D eigenvalue weighted by molar-refractivity contribution is 5.76. The molecule has 168 valence electrons. The van der Waals surface area contributed by atoms with Gasteiger partial charge in [-0.2, -0.15) is 0 Å². The molecule has 1 aromatic carbocycles. The average molecular weight is 439 g/mol. The maximum absolute atomic E-state index is 13.8. The van der Waals surface area contributed by atoms with E-state index < -0.39 is 122 Å². The van der Waals surface area contributed by atoms with Crippen LogP contribution in [0.15, 0.2) is 12.1 Å². The molecule has 0 bridgehead atoms. The van der Waals surface area contributed by atoms with Gasteiger partial charge in [0.15, 0.2) is 11.5 Å². The van der Waals surface area contributed by atoms with E-state index in [1.807, 2.05) is 0 Å². The number of hydrogen-bond acceptors (Lipinski definition) is 6. The van der Waals surface area contributed by atoms with Crippen molar-refractivity contribution in [2.24, 2.45) is 23.4 Å². The molecular weight excluding hydrogens is 380 g/mol. The van der Waals surface area contributed by atoms with Crippen molar-refractivity contribution in [2.75, 3.05) is 27.2 Å². The monoisotopic (exact) mass is 438 g/mol. The molecule has 30 heavy (non-hydrogen) atoms. The van der Waals surface area contributed by atoms with Crippen molar-refractivity contribution in [3.63, 3.8) is 0 Å². The zero-order chi connectivity index (χ0) is 39.6. The quantitative estimate of drug-likeness (QED) is 0.656. The van der Waals surface area contributed by atoms with E-state index in [1.165, 1.54) is 13.8 Å². The summed E-state index contributed by atoms with van der Waals surface area (Å²) in [5.41, 5.74) is 3.65. The highest BCUT2D eigenvalue weighted by Crippen LogP contribution is 2.44. The largest absolute Gasteiger partial charge is 0.493 e. The summed E-state index contributed by atoms with van der Waals surface area (Å²) in [4.78, 5) is 13.7. The smallest absolute Gasteiger partial charge is 0.323 e. The summed E-state index contributed by atoms with van der Waals surface area (Å²) in [5, 5.41) is 0. The molecule has 0 amide bonds. The maximum Gasteiger partial charge on any atom is 0.323 e. The van der Waals surface area contributed by atoms with Crippen LogP contribution in [0.25, 0.3) is 0 Å². The van der Waals surface area contributed by atoms with Crippen molar-refractivity contribution in [3.05, 3.63) is 23.2 Å². The molecule has 0 aliphatic carbocycles. The molecule has 0 aromatic heterocycles. The molecule has 1 fully saturated rings. The zero-order valence-corrected chi connectivity index (χ0v) is 17.0. The number of methoxy groups -OCH3 is 2. The highest BCUT2D eigenvalue weighted by atomic mass is 16.5. The van der Waals surface area contributed by atoms with Crippen molar-refractivity contribution in [1.82, 2.24) is 4.90 Å². The number of nitrogens with zero attached hydrogens (tertiary/aromatic N) is 1. The lowest BCUT2D eigenvalue weighted by molar-refractivity contribution is -0.160. The number of benzene rings is 1. The van der Waals surface area contributed by atoms with Crippen LogP contribution in [0, 0.1) is 17.7 Å². The number of esters is 1. The van der Waals surface area contributed by atoms with E-state index in [9.17, 15) is 13.0 Å². The van der Waals surface area contributed by atoms with Gasteiger partial charge in [-0.05, 0) is 47.8 Å². The number of fused-ring (bicyclic) bond motifs is 3. The van der Waals surface area contributed by atoms with Gasteiger partial charge in [-0.1, -0.05) is 27.6 Å². The van der Waals surface area contributed by atoms with E-state index in [1.54, 1.807) is 0 Å². The second kappa shape index (κ2) is 9.56. The molecule has 6 nitrogen and oxygen atoms in total. The third-order valence-electron chi connectivity index (χ3n) is 4.30. The summed E-state index contributed by atoms with van der Waals surface area (Å²) in [5.74, 6) is -12.5. The van der Waals surface area contributed by atoms with Crippen LogP contribution in [0.3, 0.4) is 0 Å². The molecule has 0 radical (unpaired) electrons. The Hall–Kier alpha value is -1.79. The van der Waals surface area contributed by atoms with Crippen LogP contribution in [-0.4, -0.2) is 50.2 Å². The molecule has 3 unspecified atom stereocenters. The van der Waals surface area contributed by atoms with E-state index >= 15 is 0 Å². The molecule has 1 aromatic rings. The lowest BCUT2D eigenvalue weighted by atomic mass is 9.79. The van der Waals surface area contributed by atoms with Gasteiger partial charge in [0.05, 0.1) is 19.7 Å². The minimum Gasteiger partial charge on any atom is -0.493 e. The van der Waals surface area contributed by atoms with Gasteiger partial charge in [-0.25, -0.2) is 0 Å². The summed E-state index contributed by atoms with van der Waals surface area (Å²) >= 11 is 0. The first kappa shape index (κ1) is 8.28. The number of carbonyl (C=O) groups is 1. The van der Waals surface area contributed by atoms with Gasteiger partial charge in [0.1, 0.15) is 12.1 Å². The third kappa shape index (κ3) is 4.75. The summed E-state index contributed by atoms with van der Waals surface area (Å²) in [6.07, 6.45) is -12.4. The molecule has 2 aliphatic heterocycles. The Bertz CT molecular complexity index is 1530. The Kier molecular flexibility index (Phi) is 2.64. The van der Waals surface area contributed by atoms with E-state index in [4.69, 9.17) is 39.1 Å². The van der Waals surface area contributed by atoms with Crippen LogP contribution >= 0.6 is 0 Å². The average Bonchev–Trinajstić information content (AvgIpc) is 2.92. The molecule has 2 aliphatic rings. The molecule has 2 heterocycles. The van der Waals surface area contributed by atoms with E-state index in [-0.39, 0.29) is 4.90 Å². The number of carbonyl (C=O) groups excluding carboxylic acids is 1. The fourth-order valence-electron chi connectivity index (χ4n) is 2.90. The van der Waals surface area contributed by atoms with Gasteiger partial charge in [0.25, 0.3) is 0 Å². The molecule has 6 heteroatoms. The number of nitrogens with two attached hydrogens (primary N) is 1. The topological polar surface area (TPSA) is 74.0 Å². The summed E-state index contributed by atoms with van der Waals surface area (Å²) in [6, 6.07) is -8.86. The number of ether oxygens (including phenoxy) is 3. The van der Waals surface area contributed by atoms with Crippen molar-refractivity contribution >= 4 is 5.97 Å². The Morgan fingerprint density at radius 1 is 1.40 bits per heavy atom. The Balaban J connectivity index is 2.59. The SMILES string of the molecule is [2H]c1c(OC)c(OC)c([2H])c2c1C1N(C([2H])([2H])C2([2H])[2H])C([2H])([2H])C([2H])(CC(C)C)C([2H])(OC(=O)[C@@]([2H])(N)C([2H])(C([2H])([2H])[2H])C([2H])([2H])[2H])C1([2H])[2H]. The minimum absolute atomic E-state index is 0.0578. The van der Waals surface area contributed by atoms with Crippen molar-refractivity contribution < 1.29 is 46.4 Å². The van der Waals surface area contributed by atoms with E-state index in [0.717, 1.165) is 14.2 Å². The molecule has 0 spiro atoms. The van der Waals surface area contributed by atoms with Gasteiger partial charge >= 0.3 is 5.97 Å². The van der Waals surface area contributed by atoms with Crippen molar-refractivity contribution in [3.8, 4) is 11.5 Å². The van der Waals surface area contributed by atoms with Crippen LogP contribution in [0.2, 0.25) is 0 Å².